The van der Waals surface area contributed by atoms with Crippen LogP contribution in [-0.4, -0.2) is 31.9 Å². The first-order valence-electron chi connectivity index (χ1n) is 6.20. The van der Waals surface area contributed by atoms with Crippen LogP contribution in [0.25, 0.3) is 0 Å². The number of hydrogen-bond donors (Lipinski definition) is 1. The summed E-state index contributed by atoms with van der Waals surface area (Å²) in [6.07, 6.45) is 0.825. The molecular formula is C13H17N3O2S. The summed E-state index contributed by atoms with van der Waals surface area (Å²) in [6, 6.07) is 8.05. The van der Waals surface area contributed by atoms with Crippen LogP contribution < -0.4 is 5.73 Å². The second-order valence-electron chi connectivity index (χ2n) is 5.03. The van der Waals surface area contributed by atoms with E-state index in [1.54, 1.807) is 12.1 Å². The second kappa shape index (κ2) is 5.29. The van der Waals surface area contributed by atoms with E-state index < -0.39 is 10.0 Å². The molecule has 2 unspecified atom stereocenters. The summed E-state index contributed by atoms with van der Waals surface area (Å²) in [7, 11) is -3.64. The first-order chi connectivity index (χ1) is 8.95. The molecule has 6 heteroatoms. The first kappa shape index (κ1) is 14.0. The topological polar surface area (TPSA) is 87.2 Å². The minimum Gasteiger partial charge on any atom is -0.326 e. The molecule has 19 heavy (non-hydrogen) atoms. The highest BCUT2D eigenvalue weighted by Gasteiger charge is 2.33. The summed E-state index contributed by atoms with van der Waals surface area (Å²) in [5.41, 5.74) is 6.07. The van der Waals surface area contributed by atoms with Crippen molar-refractivity contribution in [3.63, 3.8) is 0 Å². The van der Waals surface area contributed by atoms with Crippen LogP contribution in [0.1, 0.15) is 18.9 Å². The highest BCUT2D eigenvalue weighted by molar-refractivity contribution is 7.89. The van der Waals surface area contributed by atoms with Crippen LogP contribution in [0.4, 0.5) is 0 Å². The van der Waals surface area contributed by atoms with Crippen molar-refractivity contribution in [2.24, 2.45) is 11.7 Å². The summed E-state index contributed by atoms with van der Waals surface area (Å²) in [5.74, 6) is 0.229. The van der Waals surface area contributed by atoms with Crippen molar-refractivity contribution in [1.29, 1.82) is 5.26 Å². The number of hydrogen-bond acceptors (Lipinski definition) is 4. The fourth-order valence-electron chi connectivity index (χ4n) is 2.47. The van der Waals surface area contributed by atoms with Crippen molar-refractivity contribution in [2.75, 3.05) is 13.1 Å². The predicted octanol–water partition coefficient (Wildman–Crippen LogP) is 0.916. The number of benzene rings is 1. The molecule has 0 radical (unpaired) electrons. The van der Waals surface area contributed by atoms with Gasteiger partial charge >= 0.3 is 0 Å². The summed E-state index contributed by atoms with van der Waals surface area (Å²) in [6.45, 7) is 2.75. The summed E-state index contributed by atoms with van der Waals surface area (Å²) in [4.78, 5) is 0.0683. The minimum absolute atomic E-state index is 0.0683. The van der Waals surface area contributed by atoms with Crippen molar-refractivity contribution in [1.82, 2.24) is 4.31 Å². The van der Waals surface area contributed by atoms with Crippen molar-refractivity contribution in [3.8, 4) is 6.07 Å². The third-order valence-electron chi connectivity index (χ3n) is 3.28. The fraction of sp³-hybridized carbons (Fsp3) is 0.462. The molecule has 0 saturated carbocycles. The largest absolute Gasteiger partial charge is 0.326 e. The van der Waals surface area contributed by atoms with Gasteiger partial charge in [-0.25, -0.2) is 8.42 Å². The Morgan fingerprint density at radius 3 is 2.68 bits per heavy atom. The molecule has 0 bridgehead atoms. The van der Waals surface area contributed by atoms with E-state index in [0.717, 1.165) is 6.42 Å². The molecule has 2 rings (SSSR count). The lowest BCUT2D eigenvalue weighted by Crippen LogP contribution is -2.48. The molecule has 1 fully saturated rings. The number of nitrogens with zero attached hydrogens (tertiary/aromatic N) is 2. The van der Waals surface area contributed by atoms with Gasteiger partial charge in [0.2, 0.25) is 10.0 Å². The third kappa shape index (κ3) is 2.78. The fourth-order valence-corrected chi connectivity index (χ4v) is 4.23. The second-order valence-corrected chi connectivity index (χ2v) is 6.94. The lowest BCUT2D eigenvalue weighted by Gasteiger charge is -2.33. The van der Waals surface area contributed by atoms with E-state index in [4.69, 9.17) is 11.0 Å². The molecule has 1 aromatic rings. The van der Waals surface area contributed by atoms with E-state index in [1.165, 1.54) is 16.4 Å². The lowest BCUT2D eigenvalue weighted by atomic mass is 9.99. The van der Waals surface area contributed by atoms with Gasteiger partial charge in [0.15, 0.2) is 0 Å². The van der Waals surface area contributed by atoms with Crippen LogP contribution >= 0.6 is 0 Å². The Morgan fingerprint density at radius 2 is 2.05 bits per heavy atom. The molecule has 0 aliphatic carbocycles. The molecule has 0 amide bonds. The summed E-state index contributed by atoms with van der Waals surface area (Å²) in [5, 5.41) is 9.03. The SMILES string of the molecule is CC1CC(N)CN(S(=O)(=O)c2ccccc2C#N)C1. The minimum atomic E-state index is -3.64. The monoisotopic (exact) mass is 279 g/mol. The Hall–Kier alpha value is -1.42. The van der Waals surface area contributed by atoms with Gasteiger partial charge in [-0.1, -0.05) is 19.1 Å². The lowest BCUT2D eigenvalue weighted by molar-refractivity contribution is 0.254. The van der Waals surface area contributed by atoms with E-state index in [1.807, 2.05) is 13.0 Å². The van der Waals surface area contributed by atoms with E-state index in [9.17, 15) is 8.42 Å². The average Bonchev–Trinajstić information content (AvgIpc) is 2.37. The summed E-state index contributed by atoms with van der Waals surface area (Å²) >= 11 is 0. The van der Waals surface area contributed by atoms with Crippen molar-refractivity contribution in [3.05, 3.63) is 29.8 Å². The van der Waals surface area contributed by atoms with Gasteiger partial charge in [-0.2, -0.15) is 9.57 Å². The molecule has 102 valence electrons. The number of nitriles is 1. The number of piperidine rings is 1. The van der Waals surface area contributed by atoms with Gasteiger partial charge in [0.05, 0.1) is 10.5 Å². The van der Waals surface area contributed by atoms with E-state index in [0.29, 0.717) is 13.1 Å². The van der Waals surface area contributed by atoms with Crippen molar-refractivity contribution in [2.45, 2.75) is 24.3 Å². The Kier molecular flexibility index (Phi) is 3.90. The Labute approximate surface area is 113 Å². The Balaban J connectivity index is 2.40. The third-order valence-corrected chi connectivity index (χ3v) is 5.17. The molecule has 2 atom stereocenters. The van der Waals surface area contributed by atoms with Crippen LogP contribution in [-0.2, 0) is 10.0 Å². The molecule has 0 spiro atoms. The first-order valence-corrected chi connectivity index (χ1v) is 7.64. The smallest absolute Gasteiger partial charge is 0.244 e. The Bertz CT molecular complexity index is 597. The van der Waals surface area contributed by atoms with Crippen LogP contribution in [0.5, 0.6) is 0 Å². The van der Waals surface area contributed by atoms with Crippen LogP contribution in [0, 0.1) is 17.2 Å². The van der Waals surface area contributed by atoms with Crippen LogP contribution in [0.2, 0.25) is 0 Å². The molecule has 1 saturated heterocycles. The Morgan fingerprint density at radius 1 is 1.37 bits per heavy atom. The van der Waals surface area contributed by atoms with Gasteiger partial charge in [0.25, 0.3) is 0 Å². The molecule has 1 heterocycles. The maximum absolute atomic E-state index is 12.6. The molecular weight excluding hydrogens is 262 g/mol. The highest BCUT2D eigenvalue weighted by atomic mass is 32.2. The standard InChI is InChI=1S/C13H17N3O2S/c1-10-6-12(15)9-16(8-10)19(17,18)13-5-3-2-4-11(13)7-14/h2-5,10,12H,6,8-9,15H2,1H3. The molecule has 1 aromatic carbocycles. The van der Waals surface area contributed by atoms with Crippen LogP contribution in [0.3, 0.4) is 0 Å². The van der Waals surface area contributed by atoms with Crippen molar-refractivity contribution < 1.29 is 8.42 Å². The zero-order chi connectivity index (χ0) is 14.0. The number of rotatable bonds is 2. The zero-order valence-electron chi connectivity index (χ0n) is 10.8. The molecule has 2 N–H and O–H groups in total. The molecule has 5 nitrogen and oxygen atoms in total. The normalized spacial score (nSPS) is 24.9. The number of nitrogens with two attached hydrogens (primary N) is 1. The average molecular weight is 279 g/mol. The van der Waals surface area contributed by atoms with Gasteiger partial charge in [-0.05, 0) is 24.5 Å². The zero-order valence-corrected chi connectivity index (χ0v) is 11.6. The number of sulfonamides is 1. The van der Waals surface area contributed by atoms with E-state index >= 15 is 0 Å². The van der Waals surface area contributed by atoms with Gasteiger partial charge in [0.1, 0.15) is 6.07 Å². The molecule has 1 aliphatic heterocycles. The molecule has 0 aromatic heterocycles. The summed E-state index contributed by atoms with van der Waals surface area (Å²) < 4.78 is 26.5. The van der Waals surface area contributed by atoms with Gasteiger partial charge in [0, 0.05) is 19.1 Å². The van der Waals surface area contributed by atoms with Crippen LogP contribution in [0.15, 0.2) is 29.2 Å². The predicted molar refractivity (Wildman–Crippen MR) is 71.7 cm³/mol. The van der Waals surface area contributed by atoms with E-state index in [-0.39, 0.29) is 22.4 Å². The maximum Gasteiger partial charge on any atom is 0.244 e. The van der Waals surface area contributed by atoms with Gasteiger partial charge in [-0.3, -0.25) is 0 Å². The highest BCUT2D eigenvalue weighted by Crippen LogP contribution is 2.24. The maximum atomic E-state index is 12.6. The molecule has 1 aliphatic rings. The quantitative estimate of drug-likeness (QED) is 0.872. The van der Waals surface area contributed by atoms with E-state index in [2.05, 4.69) is 0 Å². The van der Waals surface area contributed by atoms with Crippen molar-refractivity contribution >= 4 is 10.0 Å². The van der Waals surface area contributed by atoms with Gasteiger partial charge < -0.3 is 5.73 Å². The van der Waals surface area contributed by atoms with Gasteiger partial charge in [-0.15, -0.1) is 0 Å².